The number of benzene rings is 7. The molecule has 0 spiro atoms. The normalized spacial score (nSPS) is 29.1. The molecule has 18 rings (SSSR count). The molecule has 5 nitrogen and oxygen atoms in total. The minimum absolute atomic E-state index is 0.162. The van der Waals surface area contributed by atoms with Crippen molar-refractivity contribution in [2.24, 2.45) is 0 Å². The zero-order valence-electron chi connectivity index (χ0n) is 49.3. The van der Waals surface area contributed by atoms with E-state index in [0.717, 1.165) is 56.1 Å². The molecule has 0 amide bonds. The third-order valence-electron chi connectivity index (χ3n) is 22.0. The first-order valence-corrected chi connectivity index (χ1v) is 34.6. The summed E-state index contributed by atoms with van der Waals surface area (Å²) in [6.07, 6.45) is 37.4. The Balaban J connectivity index is 0.879. The second-order valence-electron chi connectivity index (χ2n) is 26.4. The first kappa shape index (κ1) is 52.7. The lowest BCUT2D eigenvalue weighted by Gasteiger charge is -2.63. The van der Waals surface area contributed by atoms with Gasteiger partial charge in [-0.3, -0.25) is 0 Å². The van der Waals surface area contributed by atoms with E-state index in [-0.39, 0.29) is 24.6 Å². The molecule has 0 bridgehead atoms. The van der Waals surface area contributed by atoms with Gasteiger partial charge in [-0.2, -0.15) is 23.5 Å². The number of furan rings is 1. The number of allylic oxidation sites excluding steroid dienone is 10. The quantitative estimate of drug-likeness (QED) is 0.105. The first-order valence-electron chi connectivity index (χ1n) is 32.7. The Hall–Kier alpha value is -7.45. The van der Waals surface area contributed by atoms with Crippen molar-refractivity contribution < 1.29 is 4.42 Å². The Labute approximate surface area is 522 Å². The molecule has 428 valence electrons. The van der Waals surface area contributed by atoms with Crippen LogP contribution in [-0.4, -0.2) is 63.5 Å². The maximum absolute atomic E-state index is 6.91. The second-order valence-corrected chi connectivity index (χ2v) is 29.2. The van der Waals surface area contributed by atoms with E-state index >= 15 is 0 Å². The van der Waals surface area contributed by atoms with E-state index in [2.05, 4.69) is 286 Å². The van der Waals surface area contributed by atoms with E-state index in [1.165, 1.54) is 92.2 Å². The average molecular weight is 1170 g/mol. The lowest BCUT2D eigenvalue weighted by Crippen LogP contribution is -2.69. The Morgan fingerprint density at radius 1 is 0.540 bits per heavy atom. The minimum Gasteiger partial charge on any atom is -0.456 e. The van der Waals surface area contributed by atoms with Gasteiger partial charge in [0.05, 0.1) is 5.69 Å². The van der Waals surface area contributed by atoms with Gasteiger partial charge in [0.2, 0.25) is 6.71 Å². The molecule has 4 aliphatic heterocycles. The van der Waals surface area contributed by atoms with Gasteiger partial charge in [-0.15, -0.1) is 0 Å². The van der Waals surface area contributed by atoms with Crippen LogP contribution in [0.4, 0.5) is 28.4 Å². The molecule has 12 atom stereocenters. The van der Waals surface area contributed by atoms with Gasteiger partial charge in [0.25, 0.3) is 0 Å². The Morgan fingerprint density at radius 2 is 1.26 bits per heavy atom. The Morgan fingerprint density at radius 3 is 2.05 bits per heavy atom. The Kier molecular flexibility index (Phi) is 13.1. The summed E-state index contributed by atoms with van der Waals surface area (Å²) >= 11 is 4.67. The summed E-state index contributed by atoms with van der Waals surface area (Å²) in [4.78, 5) is 11.5. The third kappa shape index (κ3) is 8.66. The Bertz CT molecular complexity index is 4140. The molecule has 6 aliphatic carbocycles. The second kappa shape index (κ2) is 21.7. The van der Waals surface area contributed by atoms with Crippen LogP contribution >= 0.6 is 23.5 Å². The van der Waals surface area contributed by atoms with Gasteiger partial charge in [0.15, 0.2) is 6.71 Å². The fourth-order valence-corrected chi connectivity index (χ4v) is 22.7. The van der Waals surface area contributed by atoms with Crippen LogP contribution in [0.5, 0.6) is 0 Å². The molecule has 10 aliphatic rings. The van der Waals surface area contributed by atoms with Crippen LogP contribution in [0.2, 0.25) is 23.3 Å². The van der Waals surface area contributed by atoms with Crippen molar-refractivity contribution in [3.8, 4) is 11.1 Å². The van der Waals surface area contributed by atoms with E-state index in [4.69, 9.17) is 4.42 Å². The van der Waals surface area contributed by atoms with Crippen molar-refractivity contribution in [3.63, 3.8) is 0 Å². The lowest BCUT2D eigenvalue weighted by molar-refractivity contribution is 0.116. The summed E-state index contributed by atoms with van der Waals surface area (Å²) in [5.41, 5.74) is 18.4. The predicted octanol–water partition coefficient (Wildman–Crippen LogP) is 19.0. The average Bonchev–Trinajstić information content (AvgIpc) is 0.836. The van der Waals surface area contributed by atoms with Gasteiger partial charge < -0.3 is 24.0 Å². The number of thioether (sulfide) groups is 2. The molecule has 4 fully saturated rings. The number of hydrogen-bond acceptors (Lipinski definition) is 7. The largest absolute Gasteiger partial charge is 0.456 e. The van der Waals surface area contributed by atoms with Crippen molar-refractivity contribution >= 4 is 92.8 Å². The monoisotopic (exact) mass is 1170 g/mol. The molecule has 3 saturated heterocycles. The predicted molar refractivity (Wildman–Crippen MR) is 371 cm³/mol. The van der Waals surface area contributed by atoms with E-state index < -0.39 is 0 Å². The summed E-state index contributed by atoms with van der Waals surface area (Å²) in [5.74, 6) is 1.78. The molecular weight excluding hydrogens is 1090 g/mol. The summed E-state index contributed by atoms with van der Waals surface area (Å²) in [7, 11) is 0. The van der Waals surface area contributed by atoms with E-state index in [1.54, 1.807) is 5.47 Å². The number of rotatable bonds is 9. The summed E-state index contributed by atoms with van der Waals surface area (Å²) < 4.78 is 6.91. The van der Waals surface area contributed by atoms with Crippen LogP contribution in [0.3, 0.4) is 0 Å². The molecule has 1 aromatic heterocycles. The maximum atomic E-state index is 6.91. The van der Waals surface area contributed by atoms with Crippen LogP contribution in [-0.2, 0) is 0 Å². The van der Waals surface area contributed by atoms with Gasteiger partial charge in [0.1, 0.15) is 11.2 Å². The SMILES string of the molecule is C1=CCCC(N(C2CC=CCC2)C2CC3C4B(C5=CC6B7C8C=CCCC8SC8C=C(N(c9ccccc9)c9ccccc9)CC(SC6C=C5N3c3ccc5oc6ccccc6c5c3-c3ccccc3)C78)c3ccccc3N(c3ccccc3)C4C2)=C1. The van der Waals surface area contributed by atoms with Crippen molar-refractivity contribution in [1.29, 1.82) is 0 Å². The van der Waals surface area contributed by atoms with Crippen molar-refractivity contribution in [1.82, 2.24) is 4.90 Å². The summed E-state index contributed by atoms with van der Waals surface area (Å²) in [6, 6.07) is 69.9. The number of anilines is 5. The van der Waals surface area contributed by atoms with Crippen LogP contribution < -0.4 is 20.2 Å². The van der Waals surface area contributed by atoms with Gasteiger partial charge >= 0.3 is 0 Å². The van der Waals surface area contributed by atoms with E-state index in [9.17, 15) is 0 Å². The van der Waals surface area contributed by atoms with Crippen LogP contribution in [0, 0.1) is 0 Å². The van der Waals surface area contributed by atoms with Crippen LogP contribution in [0.25, 0.3) is 33.1 Å². The fourth-order valence-electron chi connectivity index (χ4n) is 18.8. The topological polar surface area (TPSA) is 26.1 Å². The van der Waals surface area contributed by atoms with Crippen molar-refractivity contribution in [2.75, 3.05) is 14.7 Å². The molecule has 0 N–H and O–H groups in total. The minimum atomic E-state index is 0.162. The molecule has 87 heavy (non-hydrogen) atoms. The third-order valence-corrected chi connectivity index (χ3v) is 25.2. The van der Waals surface area contributed by atoms with Crippen molar-refractivity contribution in [3.05, 3.63) is 265 Å². The standard InChI is InChI=1S/C78H72B2N4OS2/c1-7-25-51(26-8-1)75-65(43-44-70-76(75)59-37-19-23-41-69(59)85-70)84-66-50-72-63(80-61-39-21-24-42-71(61)86-73-47-58(48-74(87-72)78(73)80)82(54-31-13-4-14-32-54)55-33-15-5-16-34-55)49-62(66)79-60-38-20-22-40-64(60)83(56-35-17-6-18-36-56)67-45-57(46-68(84)77(67)79)81(52-27-9-2-10-28-52)53-29-11-3-12-30-53/h1-9,11,13-23,25-27,31-41,43-44,47,49-50,53,57,61,63,67-68,71-74,77-78H,10,12,24,28-30,42,45-46,48H2. The van der Waals surface area contributed by atoms with Gasteiger partial charge in [0, 0.05) is 101 Å². The van der Waals surface area contributed by atoms with Crippen LogP contribution in [0.1, 0.15) is 64.2 Å². The fraction of sp³-hybridized carbons (Fsp3) is 0.282. The molecule has 9 heteroatoms. The summed E-state index contributed by atoms with van der Waals surface area (Å²) in [5, 5.41) is 4.19. The zero-order valence-corrected chi connectivity index (χ0v) is 50.9. The highest BCUT2D eigenvalue weighted by atomic mass is 32.2. The highest BCUT2D eigenvalue weighted by Crippen LogP contribution is 2.66. The number of nitrogens with zero attached hydrogens (tertiary/aromatic N) is 4. The van der Waals surface area contributed by atoms with Gasteiger partial charge in [-0.25, -0.2) is 0 Å². The molecular formula is C78H72B2N4OS2. The number of fused-ring (bicyclic) bond motifs is 11. The van der Waals surface area contributed by atoms with Gasteiger partial charge in [-0.05, 0) is 166 Å². The molecule has 8 aromatic rings. The van der Waals surface area contributed by atoms with E-state index in [0.29, 0.717) is 57.2 Å². The zero-order chi connectivity index (χ0) is 57.1. The molecule has 5 heterocycles. The summed E-state index contributed by atoms with van der Waals surface area (Å²) in [6.45, 7) is 0.750. The number of para-hydroxylation sites is 5. The molecule has 0 radical (unpaired) electrons. The lowest BCUT2D eigenvalue weighted by atomic mass is 9.21. The highest BCUT2D eigenvalue weighted by Gasteiger charge is 2.63. The highest BCUT2D eigenvalue weighted by molar-refractivity contribution is 8.02. The first-order chi connectivity index (χ1) is 43.2. The van der Waals surface area contributed by atoms with Crippen molar-refractivity contribution in [2.45, 2.75) is 133 Å². The number of hydrogen-bond donors (Lipinski definition) is 0. The smallest absolute Gasteiger partial charge is 0.221 e. The van der Waals surface area contributed by atoms with Gasteiger partial charge in [-0.1, -0.05) is 181 Å². The molecule has 12 unspecified atom stereocenters. The van der Waals surface area contributed by atoms with E-state index in [1.807, 2.05) is 0 Å². The maximum Gasteiger partial charge on any atom is 0.221 e. The molecule has 1 saturated carbocycles. The van der Waals surface area contributed by atoms with Crippen LogP contribution in [0.15, 0.2) is 270 Å². The molecule has 7 aromatic carbocycles.